The second kappa shape index (κ2) is 4.47. The monoisotopic (exact) mass is 259 g/mol. The highest BCUT2D eigenvalue weighted by Crippen LogP contribution is 2.22. The van der Waals surface area contributed by atoms with Crippen LogP contribution in [0.25, 0.3) is 17.2 Å². The summed E-state index contributed by atoms with van der Waals surface area (Å²) < 4.78 is 17.3. The molecule has 0 aliphatic carbocycles. The molecule has 0 bridgehead atoms. The number of benzene rings is 1. The second-order valence-corrected chi connectivity index (χ2v) is 4.37. The molecule has 0 fully saturated rings. The summed E-state index contributed by atoms with van der Waals surface area (Å²) in [6.07, 6.45) is 1.84. The zero-order valence-corrected chi connectivity index (χ0v) is 10.8. The van der Waals surface area contributed by atoms with Gasteiger partial charge in [-0.2, -0.15) is 0 Å². The third-order valence-electron chi connectivity index (χ3n) is 3.01. The molecule has 1 aromatic carbocycles. The summed E-state index contributed by atoms with van der Waals surface area (Å²) in [5, 5.41) is 7.43. The minimum atomic E-state index is -0.283. The molecular weight excluding hydrogens is 245 g/mol. The van der Waals surface area contributed by atoms with E-state index in [1.165, 1.54) is 6.07 Å². The number of aryl methyl sites for hydroxylation is 1. The molecule has 98 valence electrons. The molecule has 2 aromatic heterocycles. The molecule has 0 unspecified atom stereocenters. The normalized spacial score (nSPS) is 11.3. The molecule has 0 atom stereocenters. The minimum Gasteiger partial charge on any atom is -0.314 e. The largest absolute Gasteiger partial charge is 0.314 e. The zero-order chi connectivity index (χ0) is 13.4. The van der Waals surface area contributed by atoms with Gasteiger partial charge in [-0.3, -0.25) is 4.57 Å². The van der Waals surface area contributed by atoms with E-state index in [-0.39, 0.29) is 5.82 Å². The lowest BCUT2D eigenvalue weighted by atomic mass is 10.2. The van der Waals surface area contributed by atoms with Crippen LogP contribution in [0.4, 0.5) is 4.39 Å². The van der Waals surface area contributed by atoms with Gasteiger partial charge in [-0.1, -0.05) is 12.1 Å². The Hall–Kier alpha value is -2.21. The van der Waals surface area contributed by atoms with E-state index in [1.54, 1.807) is 27.3 Å². The number of fused-ring (bicyclic) bond motifs is 1. The summed E-state index contributed by atoms with van der Waals surface area (Å²) in [5.74, 6) is 0.981. The molecule has 0 aliphatic rings. The maximum atomic E-state index is 13.8. The molecule has 0 amide bonds. The van der Waals surface area contributed by atoms with Crippen LogP contribution < -0.4 is 5.32 Å². The fraction of sp³-hybridized carbons (Fsp3) is 0.231. The molecule has 0 saturated heterocycles. The van der Waals surface area contributed by atoms with Crippen LogP contribution in [0.2, 0.25) is 0 Å². The highest BCUT2D eigenvalue weighted by molar-refractivity contribution is 5.59. The Morgan fingerprint density at radius 1 is 1.32 bits per heavy atom. The SMILES string of the molecule is CNCc1cn2nc(-c3ccccc3F)n(C)c2n1. The third kappa shape index (κ3) is 1.90. The summed E-state index contributed by atoms with van der Waals surface area (Å²) in [4.78, 5) is 4.46. The van der Waals surface area contributed by atoms with Gasteiger partial charge in [0.25, 0.3) is 0 Å². The highest BCUT2D eigenvalue weighted by Gasteiger charge is 2.15. The number of hydrogen-bond donors (Lipinski definition) is 1. The van der Waals surface area contributed by atoms with Crippen molar-refractivity contribution in [3.05, 3.63) is 42.0 Å². The number of rotatable bonds is 3. The van der Waals surface area contributed by atoms with Gasteiger partial charge in [0.2, 0.25) is 5.78 Å². The van der Waals surface area contributed by atoms with E-state index in [9.17, 15) is 4.39 Å². The maximum Gasteiger partial charge on any atom is 0.232 e. The Balaban J connectivity index is 2.14. The van der Waals surface area contributed by atoms with Gasteiger partial charge < -0.3 is 5.32 Å². The van der Waals surface area contributed by atoms with E-state index in [4.69, 9.17) is 0 Å². The number of imidazole rings is 1. The number of nitrogens with zero attached hydrogens (tertiary/aromatic N) is 4. The zero-order valence-electron chi connectivity index (χ0n) is 10.8. The molecule has 3 rings (SSSR count). The smallest absolute Gasteiger partial charge is 0.232 e. The molecule has 1 N–H and O–H groups in total. The number of aromatic nitrogens is 4. The molecule has 5 nitrogen and oxygen atoms in total. The van der Waals surface area contributed by atoms with Gasteiger partial charge in [-0.05, 0) is 19.2 Å². The molecule has 0 spiro atoms. The topological polar surface area (TPSA) is 47.1 Å². The van der Waals surface area contributed by atoms with Gasteiger partial charge in [0.05, 0.1) is 17.5 Å². The first-order valence-electron chi connectivity index (χ1n) is 6.01. The van der Waals surface area contributed by atoms with Crippen molar-refractivity contribution in [1.29, 1.82) is 0 Å². The number of halogens is 1. The Morgan fingerprint density at radius 3 is 2.79 bits per heavy atom. The van der Waals surface area contributed by atoms with Crippen molar-refractivity contribution >= 4 is 5.78 Å². The Morgan fingerprint density at radius 2 is 2.11 bits per heavy atom. The van der Waals surface area contributed by atoms with Gasteiger partial charge in [0.1, 0.15) is 5.82 Å². The van der Waals surface area contributed by atoms with E-state index >= 15 is 0 Å². The molecular formula is C13H14FN5. The standard InChI is InChI=1S/C13H14FN5/c1-15-7-9-8-19-13(16-9)18(2)12(17-19)10-5-3-4-6-11(10)14/h3-6,8,15H,7H2,1-2H3. The van der Waals surface area contributed by atoms with E-state index in [2.05, 4.69) is 15.4 Å². The lowest BCUT2D eigenvalue weighted by molar-refractivity contribution is 0.628. The van der Waals surface area contributed by atoms with Crippen molar-refractivity contribution in [3.63, 3.8) is 0 Å². The fourth-order valence-corrected chi connectivity index (χ4v) is 2.12. The van der Waals surface area contributed by atoms with Crippen LogP contribution in [-0.4, -0.2) is 26.2 Å². The summed E-state index contributed by atoms with van der Waals surface area (Å²) in [5.41, 5.74) is 1.38. The van der Waals surface area contributed by atoms with Crippen LogP contribution in [0.1, 0.15) is 5.69 Å². The van der Waals surface area contributed by atoms with Crippen molar-refractivity contribution in [2.75, 3.05) is 7.05 Å². The van der Waals surface area contributed by atoms with Crippen molar-refractivity contribution in [1.82, 2.24) is 24.5 Å². The predicted octanol–water partition coefficient (Wildman–Crippen LogP) is 1.59. The highest BCUT2D eigenvalue weighted by atomic mass is 19.1. The maximum absolute atomic E-state index is 13.8. The van der Waals surface area contributed by atoms with Crippen molar-refractivity contribution in [2.24, 2.45) is 7.05 Å². The lowest BCUT2D eigenvalue weighted by Gasteiger charge is -2.01. The predicted molar refractivity (Wildman–Crippen MR) is 70.1 cm³/mol. The van der Waals surface area contributed by atoms with Crippen LogP contribution >= 0.6 is 0 Å². The van der Waals surface area contributed by atoms with Gasteiger partial charge in [0, 0.05) is 13.6 Å². The van der Waals surface area contributed by atoms with Crippen molar-refractivity contribution < 1.29 is 4.39 Å². The molecule has 3 aromatic rings. The van der Waals surface area contributed by atoms with Crippen LogP contribution in [0, 0.1) is 5.82 Å². The van der Waals surface area contributed by atoms with Gasteiger partial charge in [0.15, 0.2) is 5.82 Å². The van der Waals surface area contributed by atoms with E-state index in [0.29, 0.717) is 23.7 Å². The molecule has 0 saturated carbocycles. The Labute approximate surface area is 109 Å². The summed E-state index contributed by atoms with van der Waals surface area (Å²) in [7, 11) is 3.70. The molecule has 0 radical (unpaired) electrons. The van der Waals surface area contributed by atoms with Gasteiger partial charge >= 0.3 is 0 Å². The third-order valence-corrected chi connectivity index (χ3v) is 3.01. The quantitative estimate of drug-likeness (QED) is 0.777. The molecule has 6 heteroatoms. The average molecular weight is 259 g/mol. The molecule has 19 heavy (non-hydrogen) atoms. The average Bonchev–Trinajstić information content (AvgIpc) is 2.91. The van der Waals surface area contributed by atoms with Crippen LogP contribution in [0.5, 0.6) is 0 Å². The summed E-state index contributed by atoms with van der Waals surface area (Å²) in [6, 6.07) is 6.60. The van der Waals surface area contributed by atoms with Gasteiger partial charge in [-0.15, -0.1) is 5.10 Å². The summed E-state index contributed by atoms with van der Waals surface area (Å²) >= 11 is 0. The van der Waals surface area contributed by atoms with Gasteiger partial charge in [-0.25, -0.2) is 13.9 Å². The first-order valence-corrected chi connectivity index (χ1v) is 6.01. The first-order chi connectivity index (χ1) is 9.20. The van der Waals surface area contributed by atoms with Crippen molar-refractivity contribution in [2.45, 2.75) is 6.54 Å². The van der Waals surface area contributed by atoms with E-state index in [1.807, 2.05) is 20.3 Å². The van der Waals surface area contributed by atoms with Crippen LogP contribution in [0.15, 0.2) is 30.5 Å². The second-order valence-electron chi connectivity index (χ2n) is 4.37. The van der Waals surface area contributed by atoms with Crippen LogP contribution in [-0.2, 0) is 13.6 Å². The number of hydrogen-bond acceptors (Lipinski definition) is 3. The Bertz CT molecular complexity index is 728. The fourth-order valence-electron chi connectivity index (χ4n) is 2.12. The van der Waals surface area contributed by atoms with E-state index in [0.717, 1.165) is 5.69 Å². The van der Waals surface area contributed by atoms with Crippen molar-refractivity contribution in [3.8, 4) is 11.4 Å². The number of nitrogens with one attached hydrogen (secondary N) is 1. The minimum absolute atomic E-state index is 0.283. The van der Waals surface area contributed by atoms with E-state index < -0.39 is 0 Å². The van der Waals surface area contributed by atoms with Crippen LogP contribution in [0.3, 0.4) is 0 Å². The summed E-state index contributed by atoms with van der Waals surface area (Å²) in [6.45, 7) is 0.679. The molecule has 2 heterocycles. The lowest BCUT2D eigenvalue weighted by Crippen LogP contribution is -2.05. The Kier molecular flexibility index (Phi) is 2.79. The first kappa shape index (κ1) is 11.9. The molecule has 0 aliphatic heterocycles.